The number of hydrogen-bond acceptors (Lipinski definition) is 4. The number of sulfonamides is 1. The summed E-state index contributed by atoms with van der Waals surface area (Å²) in [6.07, 6.45) is -0.649. The van der Waals surface area contributed by atoms with Crippen molar-refractivity contribution in [2.75, 3.05) is 26.2 Å². The molecule has 1 fully saturated rings. The van der Waals surface area contributed by atoms with Gasteiger partial charge in [0.05, 0.1) is 4.90 Å². The molecule has 0 N–H and O–H groups in total. The van der Waals surface area contributed by atoms with Crippen molar-refractivity contribution >= 4 is 27.5 Å². The van der Waals surface area contributed by atoms with Crippen LogP contribution in [0.5, 0.6) is 5.75 Å². The first kappa shape index (κ1) is 22.6. The minimum Gasteiger partial charge on any atom is -0.481 e. The molecule has 1 heterocycles. The number of ether oxygens (including phenoxy) is 1. The average molecular weight is 451 g/mol. The van der Waals surface area contributed by atoms with Crippen molar-refractivity contribution < 1.29 is 17.9 Å². The number of piperazine rings is 1. The van der Waals surface area contributed by atoms with Gasteiger partial charge in [-0.2, -0.15) is 4.31 Å². The predicted molar refractivity (Wildman–Crippen MR) is 117 cm³/mol. The van der Waals surface area contributed by atoms with E-state index in [1.165, 1.54) is 16.4 Å². The third-order valence-corrected chi connectivity index (χ3v) is 7.36. The molecule has 2 aromatic carbocycles. The van der Waals surface area contributed by atoms with Crippen LogP contribution < -0.4 is 4.74 Å². The molecule has 1 amide bonds. The summed E-state index contributed by atoms with van der Waals surface area (Å²) in [5.74, 6) is 0.847. The van der Waals surface area contributed by atoms with E-state index in [0.29, 0.717) is 23.9 Å². The molecule has 0 saturated carbocycles. The van der Waals surface area contributed by atoms with E-state index in [1.807, 2.05) is 24.3 Å². The van der Waals surface area contributed by atoms with Gasteiger partial charge in [0.2, 0.25) is 10.0 Å². The molecule has 1 aliphatic heterocycles. The van der Waals surface area contributed by atoms with Gasteiger partial charge in [-0.05, 0) is 48.7 Å². The van der Waals surface area contributed by atoms with E-state index in [9.17, 15) is 13.2 Å². The van der Waals surface area contributed by atoms with E-state index in [0.717, 1.165) is 5.56 Å². The van der Waals surface area contributed by atoms with Crippen molar-refractivity contribution in [2.24, 2.45) is 0 Å². The van der Waals surface area contributed by atoms with Crippen LogP contribution in [0, 0.1) is 0 Å². The molecule has 0 aromatic heterocycles. The maximum atomic E-state index is 12.9. The molecule has 2 aromatic rings. The van der Waals surface area contributed by atoms with E-state index >= 15 is 0 Å². The molecule has 0 spiro atoms. The number of amides is 1. The lowest BCUT2D eigenvalue weighted by atomic mass is 10.0. The fourth-order valence-corrected chi connectivity index (χ4v) is 5.02. The van der Waals surface area contributed by atoms with Crippen molar-refractivity contribution in [1.82, 2.24) is 9.21 Å². The Bertz CT molecular complexity index is 984. The zero-order chi connectivity index (χ0) is 21.9. The molecule has 8 heteroatoms. The first-order chi connectivity index (χ1) is 14.2. The van der Waals surface area contributed by atoms with Gasteiger partial charge in [0.15, 0.2) is 6.10 Å². The van der Waals surface area contributed by atoms with Crippen LogP contribution in [-0.2, 0) is 14.8 Å². The molecule has 3 rings (SSSR count). The molecule has 0 bridgehead atoms. The summed E-state index contributed by atoms with van der Waals surface area (Å²) >= 11 is 5.85. The van der Waals surface area contributed by atoms with Gasteiger partial charge in [-0.25, -0.2) is 8.42 Å². The summed E-state index contributed by atoms with van der Waals surface area (Å²) in [5, 5.41) is 0.484. The molecular weight excluding hydrogens is 424 g/mol. The molecule has 6 nitrogen and oxygen atoms in total. The number of benzene rings is 2. The molecule has 0 aliphatic carbocycles. The highest BCUT2D eigenvalue weighted by Gasteiger charge is 2.32. The third kappa shape index (κ3) is 4.96. The first-order valence-corrected chi connectivity index (χ1v) is 11.8. The van der Waals surface area contributed by atoms with Crippen LogP contribution in [-0.4, -0.2) is 55.8 Å². The molecule has 162 valence electrons. The number of para-hydroxylation sites is 1. The summed E-state index contributed by atoms with van der Waals surface area (Å²) in [4.78, 5) is 14.7. The van der Waals surface area contributed by atoms with Gasteiger partial charge in [-0.1, -0.05) is 43.6 Å². The zero-order valence-electron chi connectivity index (χ0n) is 17.4. The van der Waals surface area contributed by atoms with Crippen molar-refractivity contribution in [2.45, 2.75) is 37.7 Å². The second kappa shape index (κ2) is 9.37. The Kier molecular flexibility index (Phi) is 7.06. The molecule has 1 saturated heterocycles. The van der Waals surface area contributed by atoms with Crippen molar-refractivity contribution in [3.63, 3.8) is 0 Å². The summed E-state index contributed by atoms with van der Waals surface area (Å²) in [6.45, 7) is 7.02. The lowest BCUT2D eigenvalue weighted by molar-refractivity contribution is -0.139. The smallest absolute Gasteiger partial charge is 0.263 e. The molecule has 0 radical (unpaired) electrons. The van der Waals surface area contributed by atoms with Crippen LogP contribution in [0.4, 0.5) is 0 Å². The van der Waals surface area contributed by atoms with E-state index < -0.39 is 16.1 Å². The fourth-order valence-electron chi connectivity index (χ4n) is 3.47. The molecular formula is C22H27ClN2O4S. The van der Waals surface area contributed by atoms with Crippen LogP contribution in [0.2, 0.25) is 5.02 Å². The number of rotatable bonds is 6. The molecule has 1 atom stereocenters. The largest absolute Gasteiger partial charge is 0.481 e. The maximum absolute atomic E-state index is 12.9. The minimum atomic E-state index is -3.61. The van der Waals surface area contributed by atoms with Crippen LogP contribution in [0.3, 0.4) is 0 Å². The van der Waals surface area contributed by atoms with E-state index in [-0.39, 0.29) is 29.8 Å². The SMILES string of the molecule is CC(Oc1ccccc1C(C)C)C(=O)N1CCN(S(=O)(=O)c2ccc(Cl)cc2)CC1. The topological polar surface area (TPSA) is 66.9 Å². The lowest BCUT2D eigenvalue weighted by Crippen LogP contribution is -2.53. The summed E-state index contributed by atoms with van der Waals surface area (Å²) in [7, 11) is -3.61. The summed E-state index contributed by atoms with van der Waals surface area (Å²) in [5.41, 5.74) is 1.05. The van der Waals surface area contributed by atoms with Crippen LogP contribution in [0.1, 0.15) is 32.3 Å². The normalized spacial score (nSPS) is 16.5. The van der Waals surface area contributed by atoms with Gasteiger partial charge in [0.25, 0.3) is 5.91 Å². The highest BCUT2D eigenvalue weighted by atomic mass is 35.5. The number of carbonyl (C=O) groups excluding carboxylic acids is 1. The quantitative estimate of drug-likeness (QED) is 0.672. The van der Waals surface area contributed by atoms with E-state index in [2.05, 4.69) is 13.8 Å². The second-order valence-electron chi connectivity index (χ2n) is 7.64. The Balaban J connectivity index is 1.62. The van der Waals surface area contributed by atoms with Crippen molar-refractivity contribution in [3.8, 4) is 5.75 Å². The highest BCUT2D eigenvalue weighted by Crippen LogP contribution is 2.27. The standard InChI is InChI=1S/C22H27ClN2O4S/c1-16(2)20-6-4-5-7-21(20)29-17(3)22(26)24-12-14-25(15-13-24)30(27,28)19-10-8-18(23)9-11-19/h4-11,16-17H,12-15H2,1-3H3. The van der Waals surface area contributed by atoms with Gasteiger partial charge >= 0.3 is 0 Å². The highest BCUT2D eigenvalue weighted by molar-refractivity contribution is 7.89. The van der Waals surface area contributed by atoms with Crippen molar-refractivity contribution in [1.29, 1.82) is 0 Å². The van der Waals surface area contributed by atoms with Crippen LogP contribution in [0.15, 0.2) is 53.4 Å². The van der Waals surface area contributed by atoms with E-state index in [4.69, 9.17) is 16.3 Å². The van der Waals surface area contributed by atoms with Gasteiger partial charge < -0.3 is 9.64 Å². The lowest BCUT2D eigenvalue weighted by Gasteiger charge is -2.35. The Morgan fingerprint density at radius 3 is 2.17 bits per heavy atom. The number of halogens is 1. The molecule has 1 unspecified atom stereocenters. The molecule has 1 aliphatic rings. The van der Waals surface area contributed by atoms with E-state index in [1.54, 1.807) is 24.0 Å². The summed E-state index contributed by atoms with van der Waals surface area (Å²) in [6, 6.07) is 13.8. The second-order valence-corrected chi connectivity index (χ2v) is 10.0. The van der Waals surface area contributed by atoms with Gasteiger partial charge in [0, 0.05) is 31.2 Å². The zero-order valence-corrected chi connectivity index (χ0v) is 19.0. The minimum absolute atomic E-state index is 0.142. The monoisotopic (exact) mass is 450 g/mol. The Hall–Kier alpha value is -2.09. The Morgan fingerprint density at radius 2 is 1.57 bits per heavy atom. The van der Waals surface area contributed by atoms with Gasteiger partial charge in [-0.3, -0.25) is 4.79 Å². The Morgan fingerprint density at radius 1 is 0.967 bits per heavy atom. The summed E-state index contributed by atoms with van der Waals surface area (Å²) < 4.78 is 33.0. The third-order valence-electron chi connectivity index (χ3n) is 5.19. The van der Waals surface area contributed by atoms with Gasteiger partial charge in [-0.15, -0.1) is 0 Å². The van der Waals surface area contributed by atoms with Crippen LogP contribution in [0.25, 0.3) is 0 Å². The number of nitrogens with zero attached hydrogens (tertiary/aromatic N) is 2. The predicted octanol–water partition coefficient (Wildman–Crippen LogP) is 3.76. The fraction of sp³-hybridized carbons (Fsp3) is 0.409. The number of hydrogen-bond donors (Lipinski definition) is 0. The van der Waals surface area contributed by atoms with Gasteiger partial charge in [0.1, 0.15) is 5.75 Å². The maximum Gasteiger partial charge on any atom is 0.263 e. The average Bonchev–Trinajstić information content (AvgIpc) is 2.74. The van der Waals surface area contributed by atoms with Crippen molar-refractivity contribution in [3.05, 3.63) is 59.1 Å². The first-order valence-electron chi connectivity index (χ1n) is 10.00. The van der Waals surface area contributed by atoms with Crippen LogP contribution >= 0.6 is 11.6 Å². The molecule has 30 heavy (non-hydrogen) atoms. The number of carbonyl (C=O) groups is 1. The Labute approximate surface area is 183 Å².